The summed E-state index contributed by atoms with van der Waals surface area (Å²) in [4.78, 5) is 0. The summed E-state index contributed by atoms with van der Waals surface area (Å²) >= 11 is 5.71. The first kappa shape index (κ1) is 14.0. The second kappa shape index (κ2) is 5.49. The Morgan fingerprint density at radius 2 is 2.00 bits per heavy atom. The highest BCUT2D eigenvalue weighted by Gasteiger charge is 2.35. The van der Waals surface area contributed by atoms with Crippen LogP contribution in [0, 0.1) is 0 Å². The number of nitrogen functional groups attached to an aromatic ring is 1. The molecule has 2 nitrogen and oxygen atoms in total. The number of hydrogen-bond donors (Lipinski definition) is 1. The first-order valence-corrected chi connectivity index (χ1v) is 5.53. The molecule has 96 valence electrons. The molecule has 0 spiro atoms. The summed E-state index contributed by atoms with van der Waals surface area (Å²) in [5.41, 5.74) is 4.37. The molecule has 0 fully saturated rings. The fraction of sp³-hybridized carbons (Fsp3) is 0.455. The Morgan fingerprint density at radius 3 is 2.53 bits per heavy atom. The maximum atomic E-state index is 12.7. The lowest BCUT2D eigenvalue weighted by atomic mass is 10.1. The maximum absolute atomic E-state index is 12.7. The highest BCUT2D eigenvalue weighted by molar-refractivity contribution is 6.32. The molecule has 0 aliphatic heterocycles. The fourth-order valence-electron chi connectivity index (χ4n) is 1.29. The molecule has 0 aromatic heterocycles. The van der Waals surface area contributed by atoms with Gasteiger partial charge in [0.05, 0.1) is 11.6 Å². The van der Waals surface area contributed by atoms with Gasteiger partial charge in [0.1, 0.15) is 11.3 Å². The SMILES string of the molecule is CCCCOc1c(Cl)cc(N)cc1C(F)(F)F. The van der Waals surface area contributed by atoms with E-state index in [2.05, 4.69) is 0 Å². The topological polar surface area (TPSA) is 35.2 Å². The van der Waals surface area contributed by atoms with Gasteiger partial charge in [-0.15, -0.1) is 0 Å². The largest absolute Gasteiger partial charge is 0.491 e. The maximum Gasteiger partial charge on any atom is 0.420 e. The summed E-state index contributed by atoms with van der Waals surface area (Å²) < 4.78 is 43.3. The Labute approximate surface area is 103 Å². The first-order chi connectivity index (χ1) is 7.86. The van der Waals surface area contributed by atoms with E-state index in [1.165, 1.54) is 6.07 Å². The van der Waals surface area contributed by atoms with Crippen LogP contribution in [0.4, 0.5) is 18.9 Å². The third-order valence-corrected chi connectivity index (χ3v) is 2.40. The van der Waals surface area contributed by atoms with Crippen LogP contribution in [0.5, 0.6) is 5.75 Å². The third-order valence-electron chi connectivity index (χ3n) is 2.12. The van der Waals surface area contributed by atoms with Gasteiger partial charge in [0, 0.05) is 5.69 Å². The van der Waals surface area contributed by atoms with E-state index >= 15 is 0 Å². The fourth-order valence-corrected chi connectivity index (χ4v) is 1.57. The molecule has 0 saturated heterocycles. The molecule has 0 bridgehead atoms. The molecule has 1 aromatic carbocycles. The van der Waals surface area contributed by atoms with E-state index in [-0.39, 0.29) is 23.1 Å². The van der Waals surface area contributed by atoms with E-state index in [4.69, 9.17) is 22.1 Å². The van der Waals surface area contributed by atoms with Crippen LogP contribution in [0.1, 0.15) is 25.3 Å². The smallest absolute Gasteiger partial charge is 0.420 e. The van der Waals surface area contributed by atoms with Gasteiger partial charge >= 0.3 is 6.18 Å². The number of alkyl halides is 3. The molecule has 0 aliphatic rings. The Kier molecular flexibility index (Phi) is 4.51. The molecular weight excluding hydrogens is 255 g/mol. The minimum absolute atomic E-state index is 0.0369. The Balaban J connectivity index is 3.08. The summed E-state index contributed by atoms with van der Waals surface area (Å²) in [5.74, 6) is -0.346. The van der Waals surface area contributed by atoms with Gasteiger partial charge in [0.15, 0.2) is 0 Å². The van der Waals surface area contributed by atoms with Crippen LogP contribution in [0.25, 0.3) is 0 Å². The van der Waals surface area contributed by atoms with Gasteiger partial charge in [-0.05, 0) is 18.6 Å². The minimum Gasteiger partial charge on any atom is -0.491 e. The predicted octanol–water partition coefficient (Wildman–Crippen LogP) is 4.12. The average Bonchev–Trinajstić information content (AvgIpc) is 2.19. The summed E-state index contributed by atoms with van der Waals surface area (Å²) in [7, 11) is 0. The molecule has 0 atom stereocenters. The van der Waals surface area contributed by atoms with Crippen molar-refractivity contribution in [2.45, 2.75) is 25.9 Å². The van der Waals surface area contributed by atoms with Gasteiger partial charge in [-0.2, -0.15) is 13.2 Å². The van der Waals surface area contributed by atoms with Crippen LogP contribution in [0.3, 0.4) is 0 Å². The highest BCUT2D eigenvalue weighted by atomic mass is 35.5. The molecule has 17 heavy (non-hydrogen) atoms. The van der Waals surface area contributed by atoms with E-state index in [1.807, 2.05) is 6.92 Å². The van der Waals surface area contributed by atoms with E-state index in [0.717, 1.165) is 12.5 Å². The molecule has 0 heterocycles. The van der Waals surface area contributed by atoms with Gasteiger partial charge in [0.2, 0.25) is 0 Å². The lowest BCUT2D eigenvalue weighted by Crippen LogP contribution is -2.10. The number of anilines is 1. The number of hydrogen-bond acceptors (Lipinski definition) is 2. The molecule has 0 aliphatic carbocycles. The number of rotatable bonds is 4. The number of benzene rings is 1. The second-order valence-electron chi connectivity index (χ2n) is 3.58. The van der Waals surface area contributed by atoms with Crippen LogP contribution >= 0.6 is 11.6 Å². The van der Waals surface area contributed by atoms with Crippen LogP contribution in [-0.2, 0) is 6.18 Å². The van der Waals surface area contributed by atoms with Gasteiger partial charge in [0.25, 0.3) is 0 Å². The van der Waals surface area contributed by atoms with E-state index in [0.29, 0.717) is 6.42 Å². The summed E-state index contributed by atoms with van der Waals surface area (Å²) in [6.07, 6.45) is -3.04. The number of ether oxygens (including phenoxy) is 1. The summed E-state index contributed by atoms with van der Waals surface area (Å²) in [5, 5.41) is -0.117. The molecule has 0 radical (unpaired) electrons. The zero-order valence-corrected chi connectivity index (χ0v) is 10.0. The van der Waals surface area contributed by atoms with Gasteiger partial charge in [-0.1, -0.05) is 24.9 Å². The molecule has 1 rings (SSSR count). The van der Waals surface area contributed by atoms with Crippen molar-refractivity contribution in [2.75, 3.05) is 12.3 Å². The second-order valence-corrected chi connectivity index (χ2v) is 3.99. The van der Waals surface area contributed by atoms with Gasteiger partial charge in [-0.25, -0.2) is 0 Å². The summed E-state index contributed by atoms with van der Waals surface area (Å²) in [6.45, 7) is 2.11. The molecule has 0 amide bonds. The number of halogens is 4. The lowest BCUT2D eigenvalue weighted by molar-refractivity contribution is -0.138. The minimum atomic E-state index is -4.53. The van der Waals surface area contributed by atoms with Crippen LogP contribution < -0.4 is 10.5 Å². The van der Waals surface area contributed by atoms with Crippen LogP contribution in [-0.4, -0.2) is 6.61 Å². The van der Waals surface area contributed by atoms with Crippen molar-refractivity contribution >= 4 is 17.3 Å². The summed E-state index contributed by atoms with van der Waals surface area (Å²) in [6, 6.07) is 2.07. The van der Waals surface area contributed by atoms with Crippen molar-refractivity contribution in [3.8, 4) is 5.75 Å². The monoisotopic (exact) mass is 267 g/mol. The molecule has 0 unspecified atom stereocenters. The van der Waals surface area contributed by atoms with Crippen molar-refractivity contribution in [3.63, 3.8) is 0 Å². The van der Waals surface area contributed by atoms with Gasteiger partial charge < -0.3 is 10.5 Å². The molecular formula is C11H13ClF3NO. The average molecular weight is 268 g/mol. The standard InChI is InChI=1S/C11H13ClF3NO/c1-2-3-4-17-10-8(11(13,14)15)5-7(16)6-9(10)12/h5-6H,2-4,16H2,1H3. The Bertz CT molecular complexity index is 393. The van der Waals surface area contributed by atoms with E-state index in [9.17, 15) is 13.2 Å². The van der Waals surface area contributed by atoms with Crippen LogP contribution in [0.2, 0.25) is 5.02 Å². The Hall–Kier alpha value is -1.10. The zero-order chi connectivity index (χ0) is 13.1. The molecule has 2 N–H and O–H groups in total. The normalized spacial score (nSPS) is 11.6. The van der Waals surface area contributed by atoms with Crippen molar-refractivity contribution < 1.29 is 17.9 Å². The Morgan fingerprint density at radius 1 is 1.35 bits per heavy atom. The predicted molar refractivity (Wildman–Crippen MR) is 61.3 cm³/mol. The van der Waals surface area contributed by atoms with Crippen LogP contribution in [0.15, 0.2) is 12.1 Å². The molecule has 0 saturated carbocycles. The van der Waals surface area contributed by atoms with Crippen molar-refractivity contribution in [1.29, 1.82) is 0 Å². The van der Waals surface area contributed by atoms with Crippen molar-refractivity contribution in [2.24, 2.45) is 0 Å². The zero-order valence-electron chi connectivity index (χ0n) is 9.27. The van der Waals surface area contributed by atoms with E-state index in [1.54, 1.807) is 0 Å². The van der Waals surface area contributed by atoms with E-state index < -0.39 is 11.7 Å². The molecule has 1 aromatic rings. The number of nitrogens with two attached hydrogens (primary N) is 1. The quantitative estimate of drug-likeness (QED) is 0.658. The first-order valence-electron chi connectivity index (χ1n) is 5.15. The van der Waals surface area contributed by atoms with Gasteiger partial charge in [-0.3, -0.25) is 0 Å². The molecule has 6 heteroatoms. The number of unbranched alkanes of at least 4 members (excludes halogenated alkanes) is 1. The lowest BCUT2D eigenvalue weighted by Gasteiger charge is -2.16. The highest BCUT2D eigenvalue weighted by Crippen LogP contribution is 2.41. The third kappa shape index (κ3) is 3.70. The van der Waals surface area contributed by atoms with Crippen molar-refractivity contribution in [3.05, 3.63) is 22.7 Å². The van der Waals surface area contributed by atoms with Crippen molar-refractivity contribution in [1.82, 2.24) is 0 Å².